The Morgan fingerprint density at radius 2 is 1.61 bits per heavy atom. The molecule has 2 nitrogen and oxygen atoms in total. The number of halogens is 2. The maximum atomic E-state index is 5.92. The smallest absolute Gasteiger partial charge is 0.143 e. The van der Waals surface area contributed by atoms with Gasteiger partial charge in [-0.05, 0) is 12.5 Å². The van der Waals surface area contributed by atoms with Crippen molar-refractivity contribution in [1.82, 2.24) is 0 Å². The van der Waals surface area contributed by atoms with E-state index in [4.69, 9.17) is 33.7 Å². The first-order chi connectivity index (χ1) is 8.65. The molecule has 0 unspecified atom stereocenters. The van der Waals surface area contributed by atoms with Crippen molar-refractivity contribution in [3.63, 3.8) is 0 Å². The number of hydrogen-bond acceptors (Lipinski definition) is 2. The van der Waals surface area contributed by atoms with Gasteiger partial charge in [0.15, 0.2) is 0 Å². The lowest BCUT2D eigenvalue weighted by Crippen LogP contribution is -2.00. The summed E-state index contributed by atoms with van der Waals surface area (Å²) in [5, 5.41) is 0.935. The SMILES string of the molecule is CCCCCCCCOc1cc(Cl)c(Cl)cc1N. The normalized spacial score (nSPS) is 10.6. The number of anilines is 1. The van der Waals surface area contributed by atoms with E-state index in [0.29, 0.717) is 28.1 Å². The minimum absolute atomic E-state index is 0.459. The highest BCUT2D eigenvalue weighted by molar-refractivity contribution is 6.42. The Morgan fingerprint density at radius 3 is 2.33 bits per heavy atom. The van der Waals surface area contributed by atoms with Gasteiger partial charge in [0.1, 0.15) is 5.75 Å². The zero-order valence-corrected chi connectivity index (χ0v) is 12.4. The molecule has 0 fully saturated rings. The molecule has 0 aliphatic carbocycles. The maximum Gasteiger partial charge on any atom is 0.143 e. The van der Waals surface area contributed by atoms with Gasteiger partial charge in [-0.1, -0.05) is 62.2 Å². The quantitative estimate of drug-likeness (QED) is 0.520. The van der Waals surface area contributed by atoms with Crippen LogP contribution in [0, 0.1) is 0 Å². The molecule has 0 saturated heterocycles. The van der Waals surface area contributed by atoms with Crippen LogP contribution in [0.25, 0.3) is 0 Å². The number of nitrogens with two attached hydrogens (primary N) is 1. The first-order valence-corrected chi connectivity index (χ1v) is 7.28. The highest BCUT2D eigenvalue weighted by Crippen LogP contribution is 2.32. The number of ether oxygens (including phenoxy) is 1. The van der Waals surface area contributed by atoms with Crippen molar-refractivity contribution in [2.45, 2.75) is 45.4 Å². The van der Waals surface area contributed by atoms with E-state index in [9.17, 15) is 0 Å². The average Bonchev–Trinajstić information content (AvgIpc) is 2.34. The fraction of sp³-hybridized carbons (Fsp3) is 0.571. The first-order valence-electron chi connectivity index (χ1n) is 6.52. The van der Waals surface area contributed by atoms with Crippen LogP contribution in [0.5, 0.6) is 5.75 Å². The summed E-state index contributed by atoms with van der Waals surface area (Å²) in [6, 6.07) is 3.30. The summed E-state index contributed by atoms with van der Waals surface area (Å²) in [5.41, 5.74) is 6.34. The van der Waals surface area contributed by atoms with Crippen LogP contribution in [0.2, 0.25) is 10.0 Å². The summed E-state index contributed by atoms with van der Waals surface area (Å²) >= 11 is 11.8. The fourth-order valence-corrected chi connectivity index (χ4v) is 2.06. The number of rotatable bonds is 8. The molecule has 0 amide bonds. The van der Waals surface area contributed by atoms with Gasteiger partial charge in [-0.3, -0.25) is 0 Å². The molecule has 102 valence electrons. The molecule has 0 spiro atoms. The van der Waals surface area contributed by atoms with E-state index in [1.54, 1.807) is 12.1 Å². The molecule has 0 radical (unpaired) electrons. The Balaban J connectivity index is 2.25. The molecule has 0 bridgehead atoms. The lowest BCUT2D eigenvalue weighted by Gasteiger charge is -2.10. The Morgan fingerprint density at radius 1 is 1.00 bits per heavy atom. The molecular weight excluding hydrogens is 269 g/mol. The predicted octanol–water partition coefficient (Wildman–Crippen LogP) is 5.31. The lowest BCUT2D eigenvalue weighted by atomic mass is 10.1. The zero-order chi connectivity index (χ0) is 13.4. The summed E-state index contributed by atoms with van der Waals surface area (Å²) < 4.78 is 5.61. The molecule has 1 rings (SSSR count). The van der Waals surface area contributed by atoms with Gasteiger partial charge in [-0.15, -0.1) is 0 Å². The molecule has 0 aliphatic heterocycles. The summed E-state index contributed by atoms with van der Waals surface area (Å²) in [6.07, 6.45) is 7.42. The predicted molar refractivity (Wildman–Crippen MR) is 79.7 cm³/mol. The molecule has 0 aliphatic rings. The van der Waals surface area contributed by atoms with Gasteiger partial charge in [0, 0.05) is 6.07 Å². The molecule has 4 heteroatoms. The van der Waals surface area contributed by atoms with Gasteiger partial charge in [0.05, 0.1) is 22.3 Å². The van der Waals surface area contributed by atoms with Crippen molar-refractivity contribution in [2.24, 2.45) is 0 Å². The molecule has 2 N–H and O–H groups in total. The van der Waals surface area contributed by atoms with Gasteiger partial charge in [-0.2, -0.15) is 0 Å². The maximum absolute atomic E-state index is 5.92. The molecule has 0 atom stereocenters. The van der Waals surface area contributed by atoms with Gasteiger partial charge < -0.3 is 10.5 Å². The van der Waals surface area contributed by atoms with Crippen LogP contribution in [0.15, 0.2) is 12.1 Å². The van der Waals surface area contributed by atoms with Crippen molar-refractivity contribution in [3.05, 3.63) is 22.2 Å². The second-order valence-electron chi connectivity index (χ2n) is 4.42. The minimum atomic E-state index is 0.459. The third kappa shape index (κ3) is 5.36. The summed E-state index contributed by atoms with van der Waals surface area (Å²) in [6.45, 7) is 2.89. The Kier molecular flexibility index (Phi) is 7.29. The van der Waals surface area contributed by atoms with E-state index in [2.05, 4.69) is 6.92 Å². The Labute approximate surface area is 119 Å². The fourth-order valence-electron chi connectivity index (χ4n) is 1.73. The van der Waals surface area contributed by atoms with E-state index in [1.807, 2.05) is 0 Å². The van der Waals surface area contributed by atoms with Gasteiger partial charge >= 0.3 is 0 Å². The number of nitrogen functional groups attached to an aromatic ring is 1. The topological polar surface area (TPSA) is 35.2 Å². The van der Waals surface area contributed by atoms with E-state index < -0.39 is 0 Å². The molecule has 0 aromatic heterocycles. The molecule has 1 aromatic rings. The molecule has 1 aromatic carbocycles. The lowest BCUT2D eigenvalue weighted by molar-refractivity contribution is 0.306. The summed E-state index contributed by atoms with van der Waals surface area (Å²) in [5.74, 6) is 0.623. The van der Waals surface area contributed by atoms with Crippen LogP contribution in [-0.2, 0) is 0 Å². The van der Waals surface area contributed by atoms with Crippen LogP contribution < -0.4 is 10.5 Å². The van der Waals surface area contributed by atoms with Gasteiger partial charge in [0.25, 0.3) is 0 Å². The van der Waals surface area contributed by atoms with E-state index in [-0.39, 0.29) is 0 Å². The van der Waals surface area contributed by atoms with E-state index in [1.165, 1.54) is 32.1 Å². The third-order valence-corrected chi connectivity index (χ3v) is 3.53. The van der Waals surface area contributed by atoms with Crippen molar-refractivity contribution >= 4 is 28.9 Å². The highest BCUT2D eigenvalue weighted by Gasteiger charge is 2.05. The van der Waals surface area contributed by atoms with Crippen LogP contribution in [0.3, 0.4) is 0 Å². The molecule has 0 heterocycles. The standard InChI is InChI=1S/C14H21Cl2NO/c1-2-3-4-5-6-7-8-18-14-10-12(16)11(15)9-13(14)17/h9-10H,2-8,17H2,1H3. The Hall–Kier alpha value is -0.600. The number of benzene rings is 1. The molecule has 0 saturated carbocycles. The van der Waals surface area contributed by atoms with Gasteiger partial charge in [0.2, 0.25) is 0 Å². The van der Waals surface area contributed by atoms with Crippen molar-refractivity contribution in [1.29, 1.82) is 0 Å². The summed E-state index contributed by atoms with van der Waals surface area (Å²) in [4.78, 5) is 0. The average molecular weight is 290 g/mol. The molecule has 18 heavy (non-hydrogen) atoms. The van der Waals surface area contributed by atoms with Crippen LogP contribution >= 0.6 is 23.2 Å². The second kappa shape index (κ2) is 8.49. The number of unbranched alkanes of at least 4 members (excludes halogenated alkanes) is 5. The van der Waals surface area contributed by atoms with Crippen molar-refractivity contribution in [2.75, 3.05) is 12.3 Å². The van der Waals surface area contributed by atoms with E-state index >= 15 is 0 Å². The van der Waals surface area contributed by atoms with Crippen LogP contribution in [0.1, 0.15) is 45.4 Å². The van der Waals surface area contributed by atoms with Crippen molar-refractivity contribution in [3.8, 4) is 5.75 Å². The third-order valence-electron chi connectivity index (χ3n) is 2.81. The monoisotopic (exact) mass is 289 g/mol. The largest absolute Gasteiger partial charge is 0.491 e. The first kappa shape index (κ1) is 15.5. The molecular formula is C14H21Cl2NO. The van der Waals surface area contributed by atoms with Crippen molar-refractivity contribution < 1.29 is 4.74 Å². The minimum Gasteiger partial charge on any atom is -0.491 e. The van der Waals surface area contributed by atoms with E-state index in [0.717, 1.165) is 6.42 Å². The Bertz CT molecular complexity index is 369. The highest BCUT2D eigenvalue weighted by atomic mass is 35.5. The zero-order valence-electron chi connectivity index (χ0n) is 10.8. The summed E-state index contributed by atoms with van der Waals surface area (Å²) in [7, 11) is 0. The van der Waals surface area contributed by atoms with Crippen LogP contribution in [0.4, 0.5) is 5.69 Å². The van der Waals surface area contributed by atoms with Crippen LogP contribution in [-0.4, -0.2) is 6.61 Å². The number of hydrogen-bond donors (Lipinski definition) is 1. The second-order valence-corrected chi connectivity index (χ2v) is 5.23. The van der Waals surface area contributed by atoms with Gasteiger partial charge in [-0.25, -0.2) is 0 Å².